The Morgan fingerprint density at radius 2 is 1.75 bits per heavy atom. The number of sulfonamides is 1. The third-order valence-electron chi connectivity index (χ3n) is 8.33. The number of rotatable bonds is 6. The second-order valence-electron chi connectivity index (χ2n) is 10.4. The van der Waals surface area contributed by atoms with Crippen molar-refractivity contribution >= 4 is 15.9 Å². The first-order valence-corrected chi connectivity index (χ1v) is 13.4. The zero-order chi connectivity index (χ0) is 22.5. The standard InChI is InChI=1S/C24H33FN2O4S/c1-2-22(24-13-16-9-17(14-24)11-18(10-16)15-24)26-23(28)20-12-19(3-4-21(20)25)32(29,30)27-5-7-31-8-6-27/h3-4,12,16-18,22H,2,5-11,13-15H2,1H3,(H,26,28)/t16?,17?,18?,22-,24?/m1/s1. The number of halogens is 1. The molecule has 176 valence electrons. The van der Waals surface area contributed by atoms with Gasteiger partial charge in [0.05, 0.1) is 23.7 Å². The minimum Gasteiger partial charge on any atom is -0.379 e. The van der Waals surface area contributed by atoms with Gasteiger partial charge in [-0.25, -0.2) is 12.8 Å². The zero-order valence-electron chi connectivity index (χ0n) is 18.7. The highest BCUT2D eigenvalue weighted by molar-refractivity contribution is 7.89. The monoisotopic (exact) mass is 464 g/mol. The molecule has 1 aromatic carbocycles. The van der Waals surface area contributed by atoms with E-state index >= 15 is 0 Å². The fraction of sp³-hybridized carbons (Fsp3) is 0.708. The van der Waals surface area contributed by atoms with E-state index in [9.17, 15) is 17.6 Å². The van der Waals surface area contributed by atoms with Crippen molar-refractivity contribution in [1.29, 1.82) is 0 Å². The van der Waals surface area contributed by atoms with Crippen LogP contribution < -0.4 is 5.32 Å². The smallest absolute Gasteiger partial charge is 0.254 e. The van der Waals surface area contributed by atoms with Gasteiger partial charge in [0.1, 0.15) is 5.82 Å². The SMILES string of the molecule is CC[C@@H](NC(=O)c1cc(S(=O)(=O)N2CCOCC2)ccc1F)C12CC3CC(CC(C3)C1)C2. The van der Waals surface area contributed by atoms with E-state index in [1.807, 2.05) is 0 Å². The molecule has 0 unspecified atom stereocenters. The van der Waals surface area contributed by atoms with Crippen LogP contribution in [0, 0.1) is 29.0 Å². The van der Waals surface area contributed by atoms with Gasteiger partial charge in [-0.15, -0.1) is 0 Å². The van der Waals surface area contributed by atoms with Crippen LogP contribution in [0.4, 0.5) is 4.39 Å². The number of nitrogens with zero attached hydrogens (tertiary/aromatic N) is 1. The molecule has 6 nitrogen and oxygen atoms in total. The van der Waals surface area contributed by atoms with E-state index in [1.165, 1.54) is 35.7 Å². The molecule has 4 aliphatic carbocycles. The van der Waals surface area contributed by atoms with Crippen LogP contribution in [0.15, 0.2) is 23.1 Å². The van der Waals surface area contributed by atoms with E-state index < -0.39 is 21.7 Å². The van der Waals surface area contributed by atoms with E-state index in [1.54, 1.807) is 0 Å². The molecule has 1 heterocycles. The van der Waals surface area contributed by atoms with Gasteiger partial charge in [0.25, 0.3) is 5.91 Å². The Hall–Kier alpha value is -1.51. The Morgan fingerprint density at radius 3 is 2.31 bits per heavy atom. The number of hydrogen-bond donors (Lipinski definition) is 1. The van der Waals surface area contributed by atoms with Gasteiger partial charge in [-0.2, -0.15) is 4.31 Å². The molecule has 0 radical (unpaired) electrons. The second kappa shape index (κ2) is 8.37. The lowest BCUT2D eigenvalue weighted by molar-refractivity contribution is -0.0727. The van der Waals surface area contributed by atoms with Gasteiger partial charge in [0.15, 0.2) is 0 Å². The topological polar surface area (TPSA) is 75.7 Å². The van der Waals surface area contributed by atoms with Crippen LogP contribution in [0.5, 0.6) is 0 Å². The van der Waals surface area contributed by atoms with Crippen molar-refractivity contribution in [3.8, 4) is 0 Å². The van der Waals surface area contributed by atoms with E-state index in [4.69, 9.17) is 4.74 Å². The molecule has 5 fully saturated rings. The summed E-state index contributed by atoms with van der Waals surface area (Å²) in [5.74, 6) is 1.07. The molecule has 8 heteroatoms. The molecule has 32 heavy (non-hydrogen) atoms. The average molecular weight is 465 g/mol. The Morgan fingerprint density at radius 1 is 1.16 bits per heavy atom. The van der Waals surface area contributed by atoms with Gasteiger partial charge in [-0.3, -0.25) is 4.79 Å². The van der Waals surface area contributed by atoms with Crippen molar-refractivity contribution in [2.45, 2.75) is 62.8 Å². The zero-order valence-corrected chi connectivity index (χ0v) is 19.5. The van der Waals surface area contributed by atoms with Gasteiger partial charge < -0.3 is 10.1 Å². The summed E-state index contributed by atoms with van der Waals surface area (Å²) in [5, 5.41) is 3.13. The lowest BCUT2D eigenvalue weighted by Crippen LogP contribution is -2.56. The molecular formula is C24H33FN2O4S. The molecule has 1 N–H and O–H groups in total. The van der Waals surface area contributed by atoms with Crippen LogP contribution in [0.25, 0.3) is 0 Å². The van der Waals surface area contributed by atoms with Crippen LogP contribution in [-0.2, 0) is 14.8 Å². The average Bonchev–Trinajstić information content (AvgIpc) is 2.77. The summed E-state index contributed by atoms with van der Waals surface area (Å²) in [5.41, 5.74) is -0.0878. The summed E-state index contributed by atoms with van der Waals surface area (Å²) in [6.45, 7) is 3.25. The van der Waals surface area contributed by atoms with Crippen molar-refractivity contribution in [1.82, 2.24) is 9.62 Å². The maximum atomic E-state index is 14.7. The van der Waals surface area contributed by atoms with Crippen LogP contribution in [0.3, 0.4) is 0 Å². The molecule has 4 saturated carbocycles. The van der Waals surface area contributed by atoms with Crippen molar-refractivity contribution in [3.05, 3.63) is 29.6 Å². The Labute approximate surface area is 189 Å². The normalized spacial score (nSPS) is 33.2. The number of hydrogen-bond acceptors (Lipinski definition) is 4. The molecule has 0 spiro atoms. The summed E-state index contributed by atoms with van der Waals surface area (Å²) in [7, 11) is -3.80. The minimum absolute atomic E-state index is 0.0118. The molecule has 5 aliphatic rings. The van der Waals surface area contributed by atoms with E-state index in [0.29, 0.717) is 13.2 Å². The second-order valence-corrected chi connectivity index (χ2v) is 12.3. The summed E-state index contributed by atoms with van der Waals surface area (Å²) in [4.78, 5) is 13.2. The maximum absolute atomic E-state index is 14.7. The van der Waals surface area contributed by atoms with Crippen molar-refractivity contribution in [2.24, 2.45) is 23.2 Å². The van der Waals surface area contributed by atoms with Crippen molar-refractivity contribution < 1.29 is 22.3 Å². The molecule has 1 aliphatic heterocycles. The van der Waals surface area contributed by atoms with Crippen LogP contribution in [-0.4, -0.2) is 51.0 Å². The van der Waals surface area contributed by atoms with E-state index in [2.05, 4.69) is 12.2 Å². The minimum atomic E-state index is -3.80. The number of carbonyl (C=O) groups is 1. The predicted octanol–water partition coefficient (Wildman–Crippen LogP) is 3.57. The van der Waals surface area contributed by atoms with Gasteiger partial charge >= 0.3 is 0 Å². The Balaban J connectivity index is 1.38. The fourth-order valence-corrected chi connectivity index (χ4v) is 8.74. The highest BCUT2D eigenvalue weighted by Gasteiger charge is 2.54. The first kappa shape index (κ1) is 22.3. The number of morpholine rings is 1. The molecule has 1 aromatic rings. The van der Waals surface area contributed by atoms with Crippen LogP contribution in [0.2, 0.25) is 0 Å². The first-order valence-electron chi connectivity index (χ1n) is 12.0. The first-order chi connectivity index (χ1) is 15.3. The third kappa shape index (κ3) is 3.88. The summed E-state index contributed by atoms with van der Waals surface area (Å²) in [6.07, 6.45) is 8.19. The van der Waals surface area contributed by atoms with Crippen molar-refractivity contribution in [2.75, 3.05) is 26.3 Å². The Kier molecular flexibility index (Phi) is 5.83. The molecule has 1 atom stereocenters. The fourth-order valence-electron chi connectivity index (χ4n) is 7.30. The lowest BCUT2D eigenvalue weighted by atomic mass is 9.47. The molecule has 0 aromatic heterocycles. The number of benzene rings is 1. The summed E-state index contributed by atoms with van der Waals surface area (Å²) >= 11 is 0. The van der Waals surface area contributed by atoms with E-state index in [-0.39, 0.29) is 35.0 Å². The number of carbonyl (C=O) groups excluding carboxylic acids is 1. The summed E-state index contributed by atoms with van der Waals surface area (Å²) in [6, 6.07) is 3.52. The third-order valence-corrected chi connectivity index (χ3v) is 10.2. The predicted molar refractivity (Wildman–Crippen MR) is 118 cm³/mol. The molecule has 4 bridgehead atoms. The van der Waals surface area contributed by atoms with Gasteiger partial charge in [0.2, 0.25) is 10.0 Å². The lowest BCUT2D eigenvalue weighted by Gasteiger charge is -2.59. The Bertz CT molecular complexity index is 954. The molecule has 6 rings (SSSR count). The molecule has 1 saturated heterocycles. The molecule has 1 amide bonds. The van der Waals surface area contributed by atoms with E-state index in [0.717, 1.165) is 49.5 Å². The number of ether oxygens (including phenoxy) is 1. The summed E-state index contributed by atoms with van der Waals surface area (Å²) < 4.78 is 47.2. The maximum Gasteiger partial charge on any atom is 0.254 e. The van der Waals surface area contributed by atoms with Gasteiger partial charge in [-0.05, 0) is 86.3 Å². The van der Waals surface area contributed by atoms with Gasteiger partial charge in [0, 0.05) is 19.1 Å². The molecular weight excluding hydrogens is 431 g/mol. The largest absolute Gasteiger partial charge is 0.379 e. The highest BCUT2D eigenvalue weighted by Crippen LogP contribution is 2.61. The number of amides is 1. The van der Waals surface area contributed by atoms with Crippen LogP contribution >= 0.6 is 0 Å². The number of nitrogens with one attached hydrogen (secondary N) is 1. The quantitative estimate of drug-likeness (QED) is 0.698. The van der Waals surface area contributed by atoms with Gasteiger partial charge in [-0.1, -0.05) is 6.92 Å². The van der Waals surface area contributed by atoms with Crippen LogP contribution in [0.1, 0.15) is 62.2 Å². The van der Waals surface area contributed by atoms with Crippen molar-refractivity contribution in [3.63, 3.8) is 0 Å². The highest BCUT2D eigenvalue weighted by atomic mass is 32.2.